The van der Waals surface area contributed by atoms with Crippen molar-refractivity contribution in [1.29, 1.82) is 0 Å². The number of benzene rings is 1. The molecule has 0 spiro atoms. The molecular weight excluding hydrogens is 395 g/mol. The van der Waals surface area contributed by atoms with E-state index in [0.29, 0.717) is 27.2 Å². The van der Waals surface area contributed by atoms with Gasteiger partial charge in [0.25, 0.3) is 0 Å². The largest absolute Gasteiger partial charge is 0.480 e. The summed E-state index contributed by atoms with van der Waals surface area (Å²) in [5.74, 6) is -0.845. The summed E-state index contributed by atoms with van der Waals surface area (Å²) < 4.78 is 5.39. The highest BCUT2D eigenvalue weighted by Crippen LogP contribution is 2.27. The first-order chi connectivity index (χ1) is 12.7. The van der Waals surface area contributed by atoms with Crippen molar-refractivity contribution in [1.82, 2.24) is 9.88 Å². The zero-order valence-electron chi connectivity index (χ0n) is 14.9. The average Bonchev–Trinajstić information content (AvgIpc) is 3.01. The number of hydrogen-bond acceptors (Lipinski definition) is 4. The molecule has 1 heterocycles. The fourth-order valence-electron chi connectivity index (χ4n) is 2.67. The number of amides is 1. The highest BCUT2D eigenvalue weighted by Gasteiger charge is 2.30. The Labute approximate surface area is 166 Å². The van der Waals surface area contributed by atoms with E-state index in [4.69, 9.17) is 27.6 Å². The Balaban J connectivity index is 2.13. The summed E-state index contributed by atoms with van der Waals surface area (Å²) >= 11 is 12.0. The van der Waals surface area contributed by atoms with Gasteiger partial charge < -0.3 is 14.6 Å². The standard InChI is InChI=1S/C18H20Cl2N2O5/c1-10(2)5-15(17(23)24)22(18(25)26)4-3-16-21-14(9-27-16)11-6-12(19)8-13(20)7-11/h6-10,15H,3-5H2,1-2H3,(H,23,24)(H,25,26). The summed E-state index contributed by atoms with van der Waals surface area (Å²) in [4.78, 5) is 28.2. The lowest BCUT2D eigenvalue weighted by atomic mass is 10.0. The van der Waals surface area contributed by atoms with E-state index in [0.717, 1.165) is 4.90 Å². The predicted octanol–water partition coefficient (Wildman–Crippen LogP) is 4.67. The van der Waals surface area contributed by atoms with E-state index in [1.165, 1.54) is 6.26 Å². The van der Waals surface area contributed by atoms with E-state index in [1.54, 1.807) is 18.2 Å². The highest BCUT2D eigenvalue weighted by molar-refractivity contribution is 6.35. The Hall–Kier alpha value is -2.25. The number of hydrogen-bond donors (Lipinski definition) is 2. The summed E-state index contributed by atoms with van der Waals surface area (Å²) in [5, 5.41) is 19.7. The van der Waals surface area contributed by atoms with Crippen LogP contribution in [-0.4, -0.2) is 44.7 Å². The third kappa shape index (κ3) is 5.87. The van der Waals surface area contributed by atoms with Crippen molar-refractivity contribution in [2.45, 2.75) is 32.7 Å². The molecule has 146 valence electrons. The third-order valence-electron chi connectivity index (χ3n) is 3.88. The van der Waals surface area contributed by atoms with Gasteiger partial charge in [0.1, 0.15) is 18.0 Å². The number of carbonyl (C=O) groups is 2. The van der Waals surface area contributed by atoms with Crippen molar-refractivity contribution in [3.63, 3.8) is 0 Å². The van der Waals surface area contributed by atoms with Gasteiger partial charge in [-0.1, -0.05) is 37.0 Å². The molecule has 0 aliphatic carbocycles. The minimum Gasteiger partial charge on any atom is -0.480 e. The normalized spacial score (nSPS) is 12.2. The van der Waals surface area contributed by atoms with Crippen LogP contribution < -0.4 is 0 Å². The summed E-state index contributed by atoms with van der Waals surface area (Å²) in [7, 11) is 0. The number of carboxylic acids is 1. The Morgan fingerprint density at radius 1 is 1.19 bits per heavy atom. The molecule has 1 atom stereocenters. The molecule has 2 rings (SSSR count). The second-order valence-electron chi connectivity index (χ2n) is 6.49. The summed E-state index contributed by atoms with van der Waals surface area (Å²) in [6, 6.07) is 3.84. The van der Waals surface area contributed by atoms with E-state index < -0.39 is 18.1 Å². The van der Waals surface area contributed by atoms with E-state index in [2.05, 4.69) is 4.98 Å². The summed E-state index contributed by atoms with van der Waals surface area (Å²) in [5.41, 5.74) is 1.18. The zero-order valence-corrected chi connectivity index (χ0v) is 16.4. The van der Waals surface area contributed by atoms with Gasteiger partial charge in [0.2, 0.25) is 0 Å². The number of aliphatic carboxylic acids is 1. The van der Waals surface area contributed by atoms with Crippen molar-refractivity contribution < 1.29 is 24.2 Å². The van der Waals surface area contributed by atoms with Crippen LogP contribution in [0, 0.1) is 5.92 Å². The number of aromatic nitrogens is 1. The van der Waals surface area contributed by atoms with Crippen molar-refractivity contribution in [2.24, 2.45) is 5.92 Å². The maximum absolute atomic E-state index is 11.5. The number of rotatable bonds is 8. The van der Waals surface area contributed by atoms with Gasteiger partial charge in [0, 0.05) is 28.6 Å². The van der Waals surface area contributed by atoms with Crippen LogP contribution in [0.3, 0.4) is 0 Å². The fourth-order valence-corrected chi connectivity index (χ4v) is 3.19. The van der Waals surface area contributed by atoms with E-state index in [1.807, 2.05) is 13.8 Å². The van der Waals surface area contributed by atoms with Crippen LogP contribution in [0.2, 0.25) is 10.0 Å². The monoisotopic (exact) mass is 414 g/mol. The Morgan fingerprint density at radius 2 is 1.81 bits per heavy atom. The Kier molecular flexibility index (Phi) is 7.10. The second-order valence-corrected chi connectivity index (χ2v) is 7.37. The lowest BCUT2D eigenvalue weighted by Gasteiger charge is -2.27. The molecule has 0 saturated heterocycles. The zero-order chi connectivity index (χ0) is 20.1. The SMILES string of the molecule is CC(C)CC(C(=O)O)N(CCc1nc(-c2cc(Cl)cc(Cl)c2)co1)C(=O)O. The van der Waals surface area contributed by atoms with Crippen LogP contribution in [0.25, 0.3) is 11.3 Å². The molecule has 0 fully saturated rings. The Morgan fingerprint density at radius 3 is 2.33 bits per heavy atom. The molecule has 0 radical (unpaired) electrons. The first kappa shape index (κ1) is 21.1. The lowest BCUT2D eigenvalue weighted by Crippen LogP contribution is -2.46. The average molecular weight is 415 g/mol. The first-order valence-electron chi connectivity index (χ1n) is 8.30. The molecule has 2 N–H and O–H groups in total. The molecule has 0 aliphatic rings. The van der Waals surface area contributed by atoms with E-state index in [-0.39, 0.29) is 25.3 Å². The Bertz CT molecular complexity index is 802. The lowest BCUT2D eigenvalue weighted by molar-refractivity contribution is -0.143. The minimum atomic E-state index is -1.29. The number of carboxylic acid groups (broad SMARTS) is 2. The molecule has 1 amide bonds. The molecule has 9 heteroatoms. The predicted molar refractivity (Wildman–Crippen MR) is 101 cm³/mol. The third-order valence-corrected chi connectivity index (χ3v) is 4.31. The topological polar surface area (TPSA) is 104 Å². The van der Waals surface area contributed by atoms with E-state index in [9.17, 15) is 19.8 Å². The number of halogens is 2. The summed E-state index contributed by atoms with van der Waals surface area (Å²) in [6.45, 7) is 3.63. The van der Waals surface area contributed by atoms with Gasteiger partial charge in [-0.2, -0.15) is 0 Å². The maximum atomic E-state index is 11.5. The van der Waals surface area contributed by atoms with Gasteiger partial charge in [-0.15, -0.1) is 0 Å². The van der Waals surface area contributed by atoms with Gasteiger partial charge in [-0.05, 0) is 30.5 Å². The van der Waals surface area contributed by atoms with Crippen LogP contribution >= 0.6 is 23.2 Å². The molecule has 0 aliphatic heterocycles. The molecule has 1 unspecified atom stereocenters. The van der Waals surface area contributed by atoms with Gasteiger partial charge in [0.05, 0.1) is 0 Å². The van der Waals surface area contributed by atoms with Crippen molar-refractivity contribution in [3.05, 3.63) is 40.4 Å². The van der Waals surface area contributed by atoms with Gasteiger partial charge in [-0.3, -0.25) is 4.90 Å². The van der Waals surface area contributed by atoms with Crippen molar-refractivity contribution in [3.8, 4) is 11.3 Å². The van der Waals surface area contributed by atoms with Crippen molar-refractivity contribution >= 4 is 35.3 Å². The van der Waals surface area contributed by atoms with Crippen LogP contribution in [0.15, 0.2) is 28.9 Å². The minimum absolute atomic E-state index is 0.0360. The highest BCUT2D eigenvalue weighted by atomic mass is 35.5. The smallest absolute Gasteiger partial charge is 0.408 e. The van der Waals surface area contributed by atoms with Crippen molar-refractivity contribution in [2.75, 3.05) is 6.54 Å². The molecule has 2 aromatic rings. The van der Waals surface area contributed by atoms with Gasteiger partial charge in [-0.25, -0.2) is 14.6 Å². The van der Waals surface area contributed by atoms with Gasteiger partial charge >= 0.3 is 12.1 Å². The molecule has 7 nitrogen and oxygen atoms in total. The van der Waals surface area contributed by atoms with Crippen LogP contribution in [0.5, 0.6) is 0 Å². The van der Waals surface area contributed by atoms with Crippen LogP contribution in [-0.2, 0) is 11.2 Å². The molecule has 27 heavy (non-hydrogen) atoms. The molecule has 0 saturated carbocycles. The maximum Gasteiger partial charge on any atom is 0.408 e. The molecule has 1 aromatic carbocycles. The summed E-state index contributed by atoms with van der Waals surface area (Å²) in [6.07, 6.45) is 0.490. The fraction of sp³-hybridized carbons (Fsp3) is 0.389. The van der Waals surface area contributed by atoms with E-state index >= 15 is 0 Å². The van der Waals surface area contributed by atoms with Crippen LogP contribution in [0.1, 0.15) is 26.2 Å². The second kappa shape index (κ2) is 9.10. The van der Waals surface area contributed by atoms with Gasteiger partial charge in [0.15, 0.2) is 5.89 Å². The molecular formula is C18H20Cl2N2O5. The first-order valence-corrected chi connectivity index (χ1v) is 9.06. The van der Waals surface area contributed by atoms with Crippen LogP contribution in [0.4, 0.5) is 4.79 Å². The number of oxazole rings is 1. The quantitative estimate of drug-likeness (QED) is 0.649. The molecule has 0 bridgehead atoms. The molecule has 1 aromatic heterocycles. The number of nitrogens with zero attached hydrogens (tertiary/aromatic N) is 2.